The van der Waals surface area contributed by atoms with Crippen LogP contribution in [0.3, 0.4) is 0 Å². The number of carbonyl (C=O) groups is 1. The van der Waals surface area contributed by atoms with E-state index in [0.717, 1.165) is 32.2 Å². The third-order valence-corrected chi connectivity index (χ3v) is 4.71. The second-order valence-electron chi connectivity index (χ2n) is 7.67. The van der Waals surface area contributed by atoms with Crippen molar-refractivity contribution in [2.45, 2.75) is 70.9 Å². The Kier molecular flexibility index (Phi) is 6.27. The maximum absolute atomic E-state index is 12.6. The quantitative estimate of drug-likeness (QED) is 0.904. The number of piperidine rings is 1. The number of aryl methyl sites for hydroxylation is 1. The molecule has 0 bridgehead atoms. The van der Waals surface area contributed by atoms with E-state index in [4.69, 9.17) is 10.5 Å². The van der Waals surface area contributed by atoms with Gasteiger partial charge in [-0.05, 0) is 57.6 Å². The molecule has 1 heterocycles. The second kappa shape index (κ2) is 8.02. The number of amides is 1. The molecule has 1 fully saturated rings. The lowest BCUT2D eigenvalue weighted by molar-refractivity contribution is 0.00664. The topological polar surface area (TPSA) is 55.6 Å². The summed E-state index contributed by atoms with van der Waals surface area (Å²) in [6, 6.07) is 8.78. The van der Waals surface area contributed by atoms with Gasteiger partial charge >= 0.3 is 6.09 Å². The van der Waals surface area contributed by atoms with Crippen molar-refractivity contribution in [3.8, 4) is 0 Å². The van der Waals surface area contributed by atoms with E-state index < -0.39 is 5.60 Å². The highest BCUT2D eigenvalue weighted by molar-refractivity contribution is 5.69. The average Bonchev–Trinajstić information content (AvgIpc) is 2.55. The summed E-state index contributed by atoms with van der Waals surface area (Å²) < 4.78 is 5.62. The Labute approximate surface area is 146 Å². The number of nitrogens with zero attached hydrogens (tertiary/aromatic N) is 1. The van der Waals surface area contributed by atoms with E-state index in [-0.39, 0.29) is 18.1 Å². The fourth-order valence-electron chi connectivity index (χ4n) is 3.44. The number of nitrogens with two attached hydrogens (primary N) is 1. The van der Waals surface area contributed by atoms with Crippen LogP contribution in [-0.2, 0) is 11.2 Å². The number of likely N-dealkylation sites (tertiary alicyclic amines) is 1. The van der Waals surface area contributed by atoms with Gasteiger partial charge in [0.15, 0.2) is 0 Å². The van der Waals surface area contributed by atoms with E-state index in [1.165, 1.54) is 11.1 Å². The SMILES string of the molecule is CCc1ccc(C(CN)C2CCCCN2C(=O)OC(C)(C)C)cc1. The number of ether oxygens (including phenoxy) is 1. The third kappa shape index (κ3) is 4.73. The molecule has 0 aliphatic carbocycles. The van der Waals surface area contributed by atoms with Crippen LogP contribution in [0.15, 0.2) is 24.3 Å². The van der Waals surface area contributed by atoms with Crippen LogP contribution in [0.4, 0.5) is 4.79 Å². The number of carbonyl (C=O) groups excluding carboxylic acids is 1. The van der Waals surface area contributed by atoms with Gasteiger partial charge in [0.1, 0.15) is 5.60 Å². The van der Waals surface area contributed by atoms with Crippen molar-refractivity contribution < 1.29 is 9.53 Å². The van der Waals surface area contributed by atoms with Gasteiger partial charge in [-0.15, -0.1) is 0 Å². The normalized spacial score (nSPS) is 19.9. The Bertz CT molecular complexity index is 534. The van der Waals surface area contributed by atoms with Gasteiger partial charge in [0.25, 0.3) is 0 Å². The van der Waals surface area contributed by atoms with Crippen LogP contribution in [0.5, 0.6) is 0 Å². The van der Waals surface area contributed by atoms with Crippen LogP contribution in [0.1, 0.15) is 64.0 Å². The maximum atomic E-state index is 12.6. The lowest BCUT2D eigenvalue weighted by Crippen LogP contribution is -2.50. The molecule has 134 valence electrons. The number of benzene rings is 1. The zero-order chi connectivity index (χ0) is 17.7. The van der Waals surface area contributed by atoms with Gasteiger partial charge in [-0.3, -0.25) is 0 Å². The molecule has 0 radical (unpaired) electrons. The molecule has 0 aromatic heterocycles. The first kappa shape index (κ1) is 18.8. The molecule has 1 aromatic rings. The zero-order valence-corrected chi connectivity index (χ0v) is 15.5. The van der Waals surface area contributed by atoms with Crippen molar-refractivity contribution in [2.24, 2.45) is 5.73 Å². The zero-order valence-electron chi connectivity index (χ0n) is 15.5. The molecule has 1 aliphatic heterocycles. The predicted molar refractivity (Wildman–Crippen MR) is 98.2 cm³/mol. The Balaban J connectivity index is 2.21. The largest absolute Gasteiger partial charge is 0.444 e. The van der Waals surface area contributed by atoms with Gasteiger partial charge in [-0.25, -0.2) is 4.79 Å². The van der Waals surface area contributed by atoms with Crippen LogP contribution in [-0.4, -0.2) is 35.7 Å². The first-order valence-electron chi connectivity index (χ1n) is 9.14. The van der Waals surface area contributed by atoms with Crippen LogP contribution in [0.2, 0.25) is 0 Å². The van der Waals surface area contributed by atoms with E-state index in [9.17, 15) is 4.79 Å². The molecule has 24 heavy (non-hydrogen) atoms. The summed E-state index contributed by atoms with van der Waals surface area (Å²) >= 11 is 0. The molecular weight excluding hydrogens is 300 g/mol. The molecule has 1 aliphatic rings. The molecular formula is C20H32N2O2. The predicted octanol–water partition coefficient (Wildman–Crippen LogP) is 4.08. The molecule has 4 heteroatoms. The van der Waals surface area contributed by atoms with Gasteiger partial charge in [-0.2, -0.15) is 0 Å². The highest BCUT2D eigenvalue weighted by Gasteiger charge is 2.35. The lowest BCUT2D eigenvalue weighted by Gasteiger charge is -2.40. The van der Waals surface area contributed by atoms with Crippen molar-refractivity contribution in [3.05, 3.63) is 35.4 Å². The molecule has 1 saturated heterocycles. The highest BCUT2D eigenvalue weighted by atomic mass is 16.6. The Hall–Kier alpha value is -1.55. The molecule has 0 saturated carbocycles. The van der Waals surface area contributed by atoms with E-state index in [1.54, 1.807) is 0 Å². The molecule has 2 unspecified atom stereocenters. The van der Waals surface area contributed by atoms with Gasteiger partial charge in [-0.1, -0.05) is 31.2 Å². The summed E-state index contributed by atoms with van der Waals surface area (Å²) in [5.41, 5.74) is 8.18. The van der Waals surface area contributed by atoms with Crippen molar-refractivity contribution in [1.29, 1.82) is 0 Å². The summed E-state index contributed by atoms with van der Waals surface area (Å²) in [5.74, 6) is 0.156. The van der Waals surface area contributed by atoms with E-state index >= 15 is 0 Å². The molecule has 2 atom stereocenters. The van der Waals surface area contributed by atoms with Crippen molar-refractivity contribution in [3.63, 3.8) is 0 Å². The van der Waals surface area contributed by atoms with E-state index in [1.807, 2.05) is 25.7 Å². The number of hydrogen-bond donors (Lipinski definition) is 1. The molecule has 4 nitrogen and oxygen atoms in total. The molecule has 0 spiro atoms. The Morgan fingerprint density at radius 2 is 1.96 bits per heavy atom. The van der Waals surface area contributed by atoms with E-state index in [2.05, 4.69) is 31.2 Å². The molecule has 1 aromatic carbocycles. The van der Waals surface area contributed by atoms with Crippen LogP contribution < -0.4 is 5.73 Å². The van der Waals surface area contributed by atoms with Crippen molar-refractivity contribution in [1.82, 2.24) is 4.90 Å². The monoisotopic (exact) mass is 332 g/mol. The van der Waals surface area contributed by atoms with Crippen LogP contribution in [0.25, 0.3) is 0 Å². The summed E-state index contributed by atoms with van der Waals surface area (Å²) in [4.78, 5) is 14.5. The smallest absolute Gasteiger partial charge is 0.410 e. The minimum Gasteiger partial charge on any atom is -0.444 e. The van der Waals surface area contributed by atoms with Crippen LogP contribution >= 0.6 is 0 Å². The van der Waals surface area contributed by atoms with Crippen LogP contribution in [0, 0.1) is 0 Å². The Morgan fingerprint density at radius 3 is 2.50 bits per heavy atom. The summed E-state index contributed by atoms with van der Waals surface area (Å²) in [6.45, 7) is 9.18. The first-order chi connectivity index (χ1) is 11.4. The maximum Gasteiger partial charge on any atom is 0.410 e. The van der Waals surface area contributed by atoms with Gasteiger partial charge < -0.3 is 15.4 Å². The third-order valence-electron chi connectivity index (χ3n) is 4.71. The summed E-state index contributed by atoms with van der Waals surface area (Å²) in [7, 11) is 0. The Morgan fingerprint density at radius 1 is 1.29 bits per heavy atom. The minimum absolute atomic E-state index is 0.117. The fraction of sp³-hybridized carbons (Fsp3) is 0.650. The van der Waals surface area contributed by atoms with Gasteiger partial charge in [0.2, 0.25) is 0 Å². The minimum atomic E-state index is -0.472. The van der Waals surface area contributed by atoms with Gasteiger partial charge in [0.05, 0.1) is 0 Å². The number of rotatable bonds is 4. The number of hydrogen-bond acceptors (Lipinski definition) is 3. The standard InChI is InChI=1S/C20H32N2O2/c1-5-15-9-11-16(12-10-15)17(14-21)18-8-6-7-13-22(18)19(23)24-20(2,3)4/h9-12,17-18H,5-8,13-14,21H2,1-4H3. The second-order valence-corrected chi connectivity index (χ2v) is 7.67. The average molecular weight is 332 g/mol. The summed E-state index contributed by atoms with van der Waals surface area (Å²) in [6.07, 6.45) is 3.96. The molecule has 2 N–H and O–H groups in total. The van der Waals surface area contributed by atoms with Gasteiger partial charge in [0, 0.05) is 25.0 Å². The van der Waals surface area contributed by atoms with Crippen molar-refractivity contribution in [2.75, 3.05) is 13.1 Å². The fourth-order valence-corrected chi connectivity index (χ4v) is 3.44. The molecule has 1 amide bonds. The lowest BCUT2D eigenvalue weighted by atomic mass is 9.85. The first-order valence-corrected chi connectivity index (χ1v) is 9.14. The summed E-state index contributed by atoms with van der Waals surface area (Å²) in [5, 5.41) is 0. The molecule has 2 rings (SSSR count). The highest BCUT2D eigenvalue weighted by Crippen LogP contribution is 2.31. The van der Waals surface area contributed by atoms with Crippen molar-refractivity contribution >= 4 is 6.09 Å². The van der Waals surface area contributed by atoms with E-state index in [0.29, 0.717) is 6.54 Å².